The van der Waals surface area contributed by atoms with Crippen LogP contribution >= 0.6 is 0 Å². The van der Waals surface area contributed by atoms with Gasteiger partial charge in [-0.2, -0.15) is 119 Å². The van der Waals surface area contributed by atoms with Gasteiger partial charge in [0.15, 0.2) is 0 Å². The number of aliphatic hydroxyl groups excluding tert-OH is 1. The Morgan fingerprint density at radius 2 is 0.614 bits per heavy atom. The first-order chi connectivity index (χ1) is 18.5. The van der Waals surface area contributed by atoms with Crippen molar-refractivity contribution in [2.24, 2.45) is 0 Å². The molecule has 0 aliphatic rings. The Hall–Kier alpha value is -2.01. The van der Waals surface area contributed by atoms with Crippen LogP contribution in [0.5, 0.6) is 0 Å². The minimum Gasteiger partial charge on any atom is -0.390 e. The molecule has 0 aromatic carbocycles. The molecule has 0 aliphatic heterocycles. The summed E-state index contributed by atoms with van der Waals surface area (Å²) in [4.78, 5) is 0. The third-order valence-electron chi connectivity index (χ3n) is 4.59. The van der Waals surface area contributed by atoms with Crippen LogP contribution in [0.1, 0.15) is 0 Å². The van der Waals surface area contributed by atoms with Gasteiger partial charge in [-0.3, -0.25) is 4.74 Å². The zero-order valence-electron chi connectivity index (χ0n) is 18.7. The molecule has 1 N–H and O–H groups in total. The van der Waals surface area contributed by atoms with Gasteiger partial charge in [-0.15, -0.1) is 0 Å². The van der Waals surface area contributed by atoms with Crippen LogP contribution in [0.15, 0.2) is 0 Å². The van der Waals surface area contributed by atoms with E-state index in [4.69, 9.17) is 5.11 Å². The van der Waals surface area contributed by atoms with Gasteiger partial charge in [0.1, 0.15) is 6.61 Å². The summed E-state index contributed by atoms with van der Waals surface area (Å²) in [6.07, 6.45) is -42.7. The van der Waals surface area contributed by atoms with Crippen LogP contribution in [0.3, 0.4) is 0 Å². The zero-order chi connectivity index (χ0) is 36.6. The van der Waals surface area contributed by atoms with Gasteiger partial charge >= 0.3 is 78.0 Å². The third kappa shape index (κ3) is 5.73. The Morgan fingerprint density at radius 1 is 0.318 bits per heavy atom. The summed E-state index contributed by atoms with van der Waals surface area (Å²) >= 11 is 0. The molecule has 0 aliphatic carbocycles. The number of hydrogen-bond acceptors (Lipinski definition) is 3. The predicted octanol–water partition coefficient (Wildman–Crippen LogP) is 8.03. The lowest BCUT2D eigenvalue weighted by Crippen LogP contribution is -2.73. The SMILES string of the molecule is OCC(F)(F)C(F)(F)C(F)(OC(F)(F)C(F)(F)OC(F)(F)C(F)(F)C(F)(F)C(F)(F)C(F)(F)C(F)(F)F)C(F)(F)C(F)(F)F. The molecule has 0 fully saturated rings. The Kier molecular flexibility index (Phi) is 10.0. The highest BCUT2D eigenvalue weighted by molar-refractivity contribution is 5.10. The summed E-state index contributed by atoms with van der Waals surface area (Å²) in [5.74, 6) is -69.0. The van der Waals surface area contributed by atoms with Crippen molar-refractivity contribution in [3.05, 3.63) is 0 Å². The van der Waals surface area contributed by atoms with Crippen molar-refractivity contribution in [1.29, 1.82) is 0 Å². The first-order valence-electron chi connectivity index (χ1n) is 9.09. The molecule has 0 aromatic rings. The molecule has 30 heteroatoms. The summed E-state index contributed by atoms with van der Waals surface area (Å²) in [7, 11) is 0. The van der Waals surface area contributed by atoms with E-state index < -0.39 is 84.6 Å². The minimum atomic E-state index is -9.13. The molecule has 0 heterocycles. The average Bonchev–Trinajstić information content (AvgIpc) is 2.75. The van der Waals surface area contributed by atoms with Gasteiger partial charge in [-0.05, 0) is 0 Å². The predicted molar refractivity (Wildman–Crippen MR) is 74.7 cm³/mol. The van der Waals surface area contributed by atoms with Gasteiger partial charge < -0.3 is 5.11 Å². The van der Waals surface area contributed by atoms with Crippen LogP contribution in [-0.2, 0) is 9.47 Å². The summed E-state index contributed by atoms with van der Waals surface area (Å²) in [6, 6.07) is 0. The van der Waals surface area contributed by atoms with Crippen molar-refractivity contribution in [3.8, 4) is 0 Å². The van der Waals surface area contributed by atoms with Crippen molar-refractivity contribution < 1.29 is 133 Å². The zero-order valence-corrected chi connectivity index (χ0v) is 18.7. The molecule has 0 saturated carbocycles. The number of aliphatic hydroxyl groups is 1. The molecule has 0 radical (unpaired) electrons. The van der Waals surface area contributed by atoms with Gasteiger partial charge in [-0.1, -0.05) is 0 Å². The van der Waals surface area contributed by atoms with Crippen LogP contribution in [-0.4, -0.2) is 89.7 Å². The lowest BCUT2D eigenvalue weighted by molar-refractivity contribution is -0.562. The Balaban J connectivity index is 7.19. The summed E-state index contributed by atoms with van der Waals surface area (Å²) in [5, 5.41) is 7.93. The van der Waals surface area contributed by atoms with E-state index in [1.54, 1.807) is 0 Å². The summed E-state index contributed by atoms with van der Waals surface area (Å²) in [5.41, 5.74) is 0. The quantitative estimate of drug-likeness (QED) is 0.195. The molecule has 0 bridgehead atoms. The lowest BCUT2D eigenvalue weighted by atomic mass is 9.96. The van der Waals surface area contributed by atoms with Crippen LogP contribution in [0, 0.1) is 0 Å². The maximum absolute atomic E-state index is 14.2. The van der Waals surface area contributed by atoms with Gasteiger partial charge in [0.05, 0.1) is 0 Å². The van der Waals surface area contributed by atoms with E-state index in [-0.39, 0.29) is 0 Å². The van der Waals surface area contributed by atoms with Gasteiger partial charge in [0.2, 0.25) is 0 Å². The van der Waals surface area contributed by atoms with Crippen molar-refractivity contribution >= 4 is 0 Å². The molecule has 0 saturated heterocycles. The lowest BCUT2D eigenvalue weighted by Gasteiger charge is -2.44. The fraction of sp³-hybridized carbons (Fsp3) is 1.00. The van der Waals surface area contributed by atoms with Crippen molar-refractivity contribution in [2.75, 3.05) is 6.61 Å². The van der Waals surface area contributed by atoms with Crippen molar-refractivity contribution in [3.63, 3.8) is 0 Å². The van der Waals surface area contributed by atoms with Crippen LogP contribution in [0.25, 0.3) is 0 Å². The normalized spacial score (nSPS) is 18.0. The molecule has 0 amide bonds. The maximum Gasteiger partial charge on any atom is 0.460 e. The van der Waals surface area contributed by atoms with Crippen molar-refractivity contribution in [2.45, 2.75) is 78.0 Å². The Morgan fingerprint density at radius 3 is 0.909 bits per heavy atom. The molecule has 1 atom stereocenters. The number of halogens is 27. The van der Waals surface area contributed by atoms with Crippen LogP contribution in [0.4, 0.5) is 119 Å². The fourth-order valence-corrected chi connectivity index (χ4v) is 2.12. The Bertz CT molecular complexity index is 1020. The first-order valence-corrected chi connectivity index (χ1v) is 9.09. The standard InChI is InChI=1S/C14H3F27O3/c15-2(16,1-42)3(17,18)9(29,8(27,28)11(33,34)35)43-13(38,39)14(40,41)44-12(36,37)7(25,26)5(21,22)4(19,20)6(23,24)10(30,31)32/h42H,1H2. The van der Waals surface area contributed by atoms with Gasteiger partial charge in [0.25, 0.3) is 0 Å². The van der Waals surface area contributed by atoms with Crippen LogP contribution in [0.2, 0.25) is 0 Å². The topological polar surface area (TPSA) is 38.7 Å². The van der Waals surface area contributed by atoms with E-state index in [1.807, 2.05) is 0 Å². The monoisotopic (exact) mass is 732 g/mol. The van der Waals surface area contributed by atoms with Gasteiger partial charge in [0, 0.05) is 0 Å². The summed E-state index contributed by atoms with van der Waals surface area (Å²) in [6.45, 7) is -3.89. The highest BCUT2D eigenvalue weighted by atomic mass is 19.4. The minimum absolute atomic E-state index is 0.798. The van der Waals surface area contributed by atoms with Crippen molar-refractivity contribution in [1.82, 2.24) is 0 Å². The van der Waals surface area contributed by atoms with E-state index in [0.29, 0.717) is 0 Å². The highest BCUT2D eigenvalue weighted by Crippen LogP contribution is 2.63. The third-order valence-corrected chi connectivity index (χ3v) is 4.59. The second-order valence-corrected chi connectivity index (χ2v) is 7.65. The number of rotatable bonds is 13. The highest BCUT2D eigenvalue weighted by Gasteiger charge is 2.93. The summed E-state index contributed by atoms with van der Waals surface area (Å²) < 4.78 is 354. The molecule has 0 aromatic heterocycles. The first kappa shape index (κ1) is 42.0. The molecule has 1 unspecified atom stereocenters. The molecule has 0 spiro atoms. The molecule has 0 rings (SSSR count). The fourth-order valence-electron chi connectivity index (χ4n) is 2.12. The Labute approximate surface area is 219 Å². The molecular formula is C14H3F27O3. The average molecular weight is 732 g/mol. The van der Waals surface area contributed by atoms with E-state index in [1.165, 1.54) is 0 Å². The molecule has 266 valence electrons. The van der Waals surface area contributed by atoms with Crippen LogP contribution < -0.4 is 0 Å². The maximum atomic E-state index is 14.2. The number of alkyl halides is 27. The molecular weight excluding hydrogens is 729 g/mol. The molecule has 3 nitrogen and oxygen atoms in total. The van der Waals surface area contributed by atoms with E-state index in [9.17, 15) is 119 Å². The largest absolute Gasteiger partial charge is 0.460 e. The second kappa shape index (κ2) is 10.5. The van der Waals surface area contributed by atoms with E-state index >= 15 is 0 Å². The van der Waals surface area contributed by atoms with E-state index in [2.05, 4.69) is 0 Å². The molecule has 44 heavy (non-hydrogen) atoms. The van der Waals surface area contributed by atoms with E-state index in [0.717, 1.165) is 9.47 Å². The smallest absolute Gasteiger partial charge is 0.390 e. The second-order valence-electron chi connectivity index (χ2n) is 7.65. The number of hydrogen-bond donors (Lipinski definition) is 1. The number of ether oxygens (including phenoxy) is 2. The van der Waals surface area contributed by atoms with Gasteiger partial charge in [-0.25, -0.2) is 4.74 Å².